The molecule has 0 saturated heterocycles. The minimum Gasteiger partial charge on any atom is -0.481 e. The number of nitrogens with zero attached hydrogens (tertiary/aromatic N) is 1. The molecule has 6 nitrogen and oxygen atoms in total. The zero-order valence-electron chi connectivity index (χ0n) is 16.5. The van der Waals surface area contributed by atoms with Crippen molar-refractivity contribution >= 4 is 15.7 Å². The van der Waals surface area contributed by atoms with Crippen LogP contribution in [-0.2, 0) is 16.3 Å². The van der Waals surface area contributed by atoms with E-state index >= 15 is 0 Å². The van der Waals surface area contributed by atoms with E-state index in [1.807, 2.05) is 31.2 Å². The van der Waals surface area contributed by atoms with Crippen molar-refractivity contribution in [3.8, 4) is 17.1 Å². The summed E-state index contributed by atoms with van der Waals surface area (Å²) >= 11 is 0. The number of rotatable bonds is 6. The molecule has 0 unspecified atom stereocenters. The van der Waals surface area contributed by atoms with Crippen LogP contribution in [0.3, 0.4) is 0 Å². The molecule has 1 amide bonds. The lowest BCUT2D eigenvalue weighted by molar-refractivity contribution is 0.0999. The zero-order chi connectivity index (χ0) is 21.2. The van der Waals surface area contributed by atoms with E-state index in [0.717, 1.165) is 22.3 Å². The molecule has 3 rings (SSSR count). The van der Waals surface area contributed by atoms with Crippen molar-refractivity contribution in [3.05, 3.63) is 76.9 Å². The molecule has 1 aromatic heterocycles. The molecule has 0 aliphatic carbocycles. The summed E-state index contributed by atoms with van der Waals surface area (Å²) in [6, 6.07) is 16.0. The van der Waals surface area contributed by atoms with Crippen LogP contribution in [0.4, 0.5) is 0 Å². The Morgan fingerprint density at radius 3 is 2.45 bits per heavy atom. The third kappa shape index (κ3) is 4.81. The average Bonchev–Trinajstić information content (AvgIpc) is 2.67. The molecule has 29 heavy (non-hydrogen) atoms. The van der Waals surface area contributed by atoms with Crippen molar-refractivity contribution in [3.63, 3.8) is 0 Å². The van der Waals surface area contributed by atoms with E-state index < -0.39 is 15.7 Å². The first kappa shape index (κ1) is 20.5. The number of ether oxygens (including phenoxy) is 1. The summed E-state index contributed by atoms with van der Waals surface area (Å²) in [5.41, 5.74) is 9.93. The summed E-state index contributed by atoms with van der Waals surface area (Å²) in [6.07, 6.45) is 1.71. The highest BCUT2D eigenvalue weighted by atomic mass is 32.2. The number of aryl methyl sites for hydroxylation is 1. The minimum absolute atomic E-state index is 0.286. The number of nitrogens with two attached hydrogens (primary N) is 1. The van der Waals surface area contributed by atoms with E-state index in [4.69, 9.17) is 10.5 Å². The molecule has 0 fully saturated rings. The lowest BCUT2D eigenvalue weighted by atomic mass is 10.00. The molecule has 3 aromatic rings. The standard InChI is InChI=1S/C22H22N2O4S/c1-14-9-17(7-8-19(14)22(23)25)20-12-16(13-21(24-20)28-2)10-15-5-4-6-18(11-15)29(3,26)27/h4-9,11-13H,10H2,1-3H3,(H2,23,25). The topological polar surface area (TPSA) is 99.4 Å². The number of aromatic nitrogens is 1. The number of sulfone groups is 1. The van der Waals surface area contributed by atoms with Crippen LogP contribution >= 0.6 is 0 Å². The number of carbonyl (C=O) groups excluding carboxylic acids is 1. The SMILES string of the molecule is COc1cc(Cc2cccc(S(C)(=O)=O)c2)cc(-c2ccc(C(N)=O)c(C)c2)n1. The van der Waals surface area contributed by atoms with E-state index in [0.29, 0.717) is 23.6 Å². The molecule has 150 valence electrons. The first-order valence-electron chi connectivity index (χ1n) is 8.92. The molecule has 0 bridgehead atoms. The van der Waals surface area contributed by atoms with Crippen LogP contribution < -0.4 is 10.5 Å². The number of amides is 1. The number of hydrogen-bond acceptors (Lipinski definition) is 5. The quantitative estimate of drug-likeness (QED) is 0.673. The molecule has 0 spiro atoms. The Balaban J connectivity index is 2.00. The van der Waals surface area contributed by atoms with Crippen LogP contribution in [0.1, 0.15) is 27.0 Å². The van der Waals surface area contributed by atoms with Crippen LogP contribution in [0, 0.1) is 6.92 Å². The Morgan fingerprint density at radius 2 is 1.83 bits per heavy atom. The van der Waals surface area contributed by atoms with Crippen molar-refractivity contribution in [1.29, 1.82) is 0 Å². The largest absolute Gasteiger partial charge is 0.481 e. The van der Waals surface area contributed by atoms with Gasteiger partial charge in [0, 0.05) is 23.4 Å². The van der Waals surface area contributed by atoms with Gasteiger partial charge in [-0.1, -0.05) is 18.2 Å². The van der Waals surface area contributed by atoms with E-state index in [2.05, 4.69) is 4.98 Å². The number of benzene rings is 2. The van der Waals surface area contributed by atoms with Gasteiger partial charge in [0.15, 0.2) is 9.84 Å². The van der Waals surface area contributed by atoms with Gasteiger partial charge in [-0.25, -0.2) is 13.4 Å². The molecule has 0 atom stereocenters. The zero-order valence-corrected chi connectivity index (χ0v) is 17.3. The lowest BCUT2D eigenvalue weighted by Crippen LogP contribution is -2.12. The molecule has 2 N–H and O–H groups in total. The summed E-state index contributed by atoms with van der Waals surface area (Å²) in [5.74, 6) is -0.0208. The maximum Gasteiger partial charge on any atom is 0.248 e. The second kappa shape index (κ2) is 8.05. The van der Waals surface area contributed by atoms with E-state index in [9.17, 15) is 13.2 Å². The highest BCUT2D eigenvalue weighted by Crippen LogP contribution is 2.26. The number of pyridine rings is 1. The van der Waals surface area contributed by atoms with Gasteiger partial charge < -0.3 is 10.5 Å². The molecule has 0 saturated carbocycles. The Labute approximate surface area is 170 Å². The summed E-state index contributed by atoms with van der Waals surface area (Å²) in [5, 5.41) is 0. The molecule has 2 aromatic carbocycles. The Kier molecular flexibility index (Phi) is 5.70. The van der Waals surface area contributed by atoms with Crippen LogP contribution in [-0.4, -0.2) is 32.7 Å². The normalized spacial score (nSPS) is 11.3. The van der Waals surface area contributed by atoms with Gasteiger partial charge in [0.2, 0.25) is 11.8 Å². The maximum absolute atomic E-state index is 11.8. The molecular formula is C22H22N2O4S. The number of carbonyl (C=O) groups is 1. The third-order valence-electron chi connectivity index (χ3n) is 4.59. The number of hydrogen-bond donors (Lipinski definition) is 1. The van der Waals surface area contributed by atoms with Gasteiger partial charge >= 0.3 is 0 Å². The van der Waals surface area contributed by atoms with Crippen LogP contribution in [0.25, 0.3) is 11.3 Å². The van der Waals surface area contributed by atoms with Gasteiger partial charge in [-0.3, -0.25) is 4.79 Å². The predicted molar refractivity (Wildman–Crippen MR) is 112 cm³/mol. The molecule has 1 heterocycles. The lowest BCUT2D eigenvalue weighted by Gasteiger charge is -2.11. The fourth-order valence-electron chi connectivity index (χ4n) is 3.13. The smallest absolute Gasteiger partial charge is 0.248 e. The minimum atomic E-state index is -3.27. The summed E-state index contributed by atoms with van der Waals surface area (Å²) in [4.78, 5) is 16.3. The Morgan fingerprint density at radius 1 is 1.07 bits per heavy atom. The highest BCUT2D eigenvalue weighted by Gasteiger charge is 2.12. The molecule has 0 aliphatic rings. The van der Waals surface area contributed by atoms with Crippen molar-refractivity contribution in [2.24, 2.45) is 5.73 Å². The fraction of sp³-hybridized carbons (Fsp3) is 0.182. The molecule has 7 heteroatoms. The monoisotopic (exact) mass is 410 g/mol. The Bertz CT molecular complexity index is 1190. The first-order valence-corrected chi connectivity index (χ1v) is 10.8. The van der Waals surface area contributed by atoms with Crippen molar-refractivity contribution in [2.75, 3.05) is 13.4 Å². The van der Waals surface area contributed by atoms with Crippen molar-refractivity contribution in [1.82, 2.24) is 4.98 Å². The van der Waals surface area contributed by atoms with Crippen molar-refractivity contribution in [2.45, 2.75) is 18.2 Å². The molecule has 0 aliphatic heterocycles. The summed E-state index contributed by atoms with van der Waals surface area (Å²) in [7, 11) is -1.73. The van der Waals surface area contributed by atoms with Gasteiger partial charge in [0.1, 0.15) is 0 Å². The third-order valence-corrected chi connectivity index (χ3v) is 5.70. The van der Waals surface area contributed by atoms with E-state index in [1.54, 1.807) is 37.4 Å². The van der Waals surface area contributed by atoms with Gasteiger partial charge in [0.25, 0.3) is 0 Å². The molecule has 0 radical (unpaired) electrons. The molecular weight excluding hydrogens is 388 g/mol. The second-order valence-electron chi connectivity index (χ2n) is 6.89. The van der Waals surface area contributed by atoms with Crippen LogP contribution in [0.5, 0.6) is 5.88 Å². The maximum atomic E-state index is 11.8. The van der Waals surface area contributed by atoms with Gasteiger partial charge in [0.05, 0.1) is 17.7 Å². The van der Waals surface area contributed by atoms with Crippen LogP contribution in [0.2, 0.25) is 0 Å². The average molecular weight is 410 g/mol. The predicted octanol–water partition coefficient (Wildman–Crippen LogP) is 3.16. The number of primary amides is 1. The summed E-state index contributed by atoms with van der Waals surface area (Å²) < 4.78 is 29.0. The van der Waals surface area contributed by atoms with Crippen molar-refractivity contribution < 1.29 is 17.9 Å². The highest BCUT2D eigenvalue weighted by molar-refractivity contribution is 7.90. The van der Waals surface area contributed by atoms with Gasteiger partial charge in [-0.2, -0.15) is 0 Å². The van der Waals surface area contributed by atoms with Gasteiger partial charge in [-0.15, -0.1) is 0 Å². The number of methoxy groups -OCH3 is 1. The fourth-order valence-corrected chi connectivity index (χ4v) is 3.83. The van der Waals surface area contributed by atoms with Crippen LogP contribution in [0.15, 0.2) is 59.5 Å². The first-order chi connectivity index (χ1) is 13.7. The van der Waals surface area contributed by atoms with E-state index in [1.165, 1.54) is 6.26 Å². The van der Waals surface area contributed by atoms with E-state index in [-0.39, 0.29) is 4.90 Å². The van der Waals surface area contributed by atoms with Gasteiger partial charge in [-0.05, 0) is 60.4 Å². The Hall–Kier alpha value is -3.19. The second-order valence-corrected chi connectivity index (χ2v) is 8.91. The summed E-state index contributed by atoms with van der Waals surface area (Å²) in [6.45, 7) is 1.82.